The third kappa shape index (κ3) is 4.85. The summed E-state index contributed by atoms with van der Waals surface area (Å²) in [5, 5.41) is 9.37. The van der Waals surface area contributed by atoms with Gasteiger partial charge in [0.05, 0.1) is 0 Å². The van der Waals surface area contributed by atoms with E-state index in [-0.39, 0.29) is 0 Å². The van der Waals surface area contributed by atoms with Crippen molar-refractivity contribution < 1.29 is 32.2 Å². The van der Waals surface area contributed by atoms with Crippen LogP contribution >= 0.6 is 0 Å². The molecule has 0 heterocycles. The van der Waals surface area contributed by atoms with E-state index in [1.165, 1.54) is 18.0 Å². The second-order valence-corrected chi connectivity index (χ2v) is 8.45. The number of aryl methyl sites for hydroxylation is 1. The van der Waals surface area contributed by atoms with Crippen LogP contribution in [0.25, 0.3) is 11.1 Å². The zero-order valence-corrected chi connectivity index (χ0v) is 19.4. The number of hydrogen-bond acceptors (Lipinski definition) is 3. The Morgan fingerprint density at radius 2 is 1.56 bits per heavy atom. The molecule has 0 bridgehead atoms. The van der Waals surface area contributed by atoms with Gasteiger partial charge < -0.3 is 14.7 Å². The van der Waals surface area contributed by atoms with Crippen molar-refractivity contribution in [3.05, 3.63) is 76.9 Å². The van der Waals surface area contributed by atoms with Crippen molar-refractivity contribution in [1.29, 1.82) is 0 Å². The highest BCUT2D eigenvalue weighted by Gasteiger charge is 2.28. The van der Waals surface area contributed by atoms with E-state index in [1.54, 1.807) is 39.8 Å². The molecule has 0 aliphatic carbocycles. The molecule has 0 saturated heterocycles. The largest absolute Gasteiger partial charge is 0.478 e. The Bertz CT molecular complexity index is 1240. The number of anilines is 2. The van der Waals surface area contributed by atoms with Gasteiger partial charge in [0.2, 0.25) is 0 Å². The Balaban J connectivity index is 2.10. The van der Waals surface area contributed by atoms with Crippen molar-refractivity contribution >= 4 is 17.3 Å². The summed E-state index contributed by atoms with van der Waals surface area (Å²) < 4.78 is 62.8. The minimum atomic E-state index is -1.32. The predicted octanol–water partition coefficient (Wildman–Crippen LogP) is 6.78. The molecule has 3 aromatic rings. The number of carbonyl (C=O) groups is 1. The highest BCUT2D eigenvalue weighted by molar-refractivity contribution is 5.77. The van der Waals surface area contributed by atoms with Crippen LogP contribution in [0, 0.1) is 43.0 Å². The van der Waals surface area contributed by atoms with E-state index >= 15 is 4.39 Å². The fourth-order valence-corrected chi connectivity index (χ4v) is 3.68. The second kappa shape index (κ2) is 9.75. The van der Waals surface area contributed by atoms with E-state index in [9.17, 15) is 23.1 Å². The minimum Gasteiger partial charge on any atom is -0.478 e. The number of hydrogen-bond donors (Lipinski definition) is 1. The summed E-state index contributed by atoms with van der Waals surface area (Å²) in [4.78, 5) is 12.8. The monoisotopic (exact) mass is 475 g/mol. The summed E-state index contributed by atoms with van der Waals surface area (Å²) in [5.41, 5.74) is 2.40. The topological polar surface area (TPSA) is 49.8 Å². The van der Waals surface area contributed by atoms with E-state index in [2.05, 4.69) is 0 Å². The Morgan fingerprint density at radius 1 is 0.912 bits per heavy atom. The number of carboxylic acids is 1. The van der Waals surface area contributed by atoms with Gasteiger partial charge in [-0.2, -0.15) is 0 Å². The number of rotatable bonds is 7. The summed E-state index contributed by atoms with van der Waals surface area (Å²) in [6.45, 7) is 6.79. The SMILES string of the molecule is Cc1cc(-c2ccc(F)c(F)c2)cc(N(C)c2c(F)ccc(OC(C(=O)O)C(C)C)c2F)c1C. The van der Waals surface area contributed by atoms with Gasteiger partial charge in [-0.1, -0.05) is 26.0 Å². The maximum Gasteiger partial charge on any atom is 0.345 e. The van der Waals surface area contributed by atoms with Gasteiger partial charge in [-0.15, -0.1) is 0 Å². The molecule has 3 rings (SSSR count). The molecule has 1 atom stereocenters. The number of aliphatic carboxylic acids is 1. The normalized spacial score (nSPS) is 12.1. The molecular formula is C26H25F4NO3. The minimum absolute atomic E-state index is 0.393. The molecule has 180 valence electrons. The maximum absolute atomic E-state index is 15.4. The molecule has 4 nitrogen and oxygen atoms in total. The van der Waals surface area contributed by atoms with E-state index in [0.29, 0.717) is 22.4 Å². The van der Waals surface area contributed by atoms with Crippen molar-refractivity contribution in [2.24, 2.45) is 5.92 Å². The number of halogens is 4. The van der Waals surface area contributed by atoms with Crippen molar-refractivity contribution in [1.82, 2.24) is 0 Å². The molecule has 1 unspecified atom stereocenters. The van der Waals surface area contributed by atoms with E-state index < -0.39 is 52.7 Å². The first kappa shape index (κ1) is 25.1. The lowest BCUT2D eigenvalue weighted by atomic mass is 9.97. The van der Waals surface area contributed by atoms with Gasteiger partial charge in [-0.25, -0.2) is 22.4 Å². The lowest BCUT2D eigenvalue weighted by Gasteiger charge is -2.26. The molecule has 1 N–H and O–H groups in total. The smallest absolute Gasteiger partial charge is 0.345 e. The number of benzene rings is 3. The van der Waals surface area contributed by atoms with Crippen LogP contribution in [0.4, 0.5) is 28.9 Å². The molecular weight excluding hydrogens is 450 g/mol. The molecule has 0 aliphatic heterocycles. The molecule has 0 aromatic heterocycles. The van der Waals surface area contributed by atoms with Crippen LogP contribution < -0.4 is 9.64 Å². The standard InChI is InChI=1S/C26H25F4NO3/c1-13(2)25(26(32)33)34-22-9-8-19(28)24(23(22)30)31(5)21-12-17(10-14(3)15(21)4)16-6-7-18(27)20(29)11-16/h6-13,25H,1-5H3,(H,32,33). The first-order valence-corrected chi connectivity index (χ1v) is 10.6. The van der Waals surface area contributed by atoms with Crippen molar-refractivity contribution in [3.8, 4) is 16.9 Å². The van der Waals surface area contributed by atoms with Gasteiger partial charge in [0, 0.05) is 18.7 Å². The van der Waals surface area contributed by atoms with Gasteiger partial charge in [0.25, 0.3) is 0 Å². The molecule has 0 radical (unpaired) electrons. The molecule has 0 spiro atoms. The van der Waals surface area contributed by atoms with Gasteiger partial charge in [0.1, 0.15) is 11.5 Å². The summed E-state index contributed by atoms with van der Waals surface area (Å²) in [6.07, 6.45) is -1.32. The zero-order chi connectivity index (χ0) is 25.3. The summed E-state index contributed by atoms with van der Waals surface area (Å²) in [7, 11) is 1.46. The van der Waals surface area contributed by atoms with Crippen LogP contribution in [0.1, 0.15) is 25.0 Å². The highest BCUT2D eigenvalue weighted by atomic mass is 19.2. The lowest BCUT2D eigenvalue weighted by Crippen LogP contribution is -2.32. The molecule has 0 fully saturated rings. The van der Waals surface area contributed by atoms with Crippen LogP contribution in [-0.2, 0) is 4.79 Å². The third-order valence-electron chi connectivity index (χ3n) is 5.72. The fraction of sp³-hybridized carbons (Fsp3) is 0.269. The maximum atomic E-state index is 15.4. The molecule has 3 aromatic carbocycles. The summed E-state index contributed by atoms with van der Waals surface area (Å²) in [6, 6.07) is 8.93. The van der Waals surface area contributed by atoms with Crippen LogP contribution in [-0.4, -0.2) is 24.2 Å². The predicted molar refractivity (Wildman–Crippen MR) is 123 cm³/mol. The first-order chi connectivity index (χ1) is 15.9. The first-order valence-electron chi connectivity index (χ1n) is 10.6. The van der Waals surface area contributed by atoms with E-state index in [4.69, 9.17) is 4.74 Å². The third-order valence-corrected chi connectivity index (χ3v) is 5.72. The quantitative estimate of drug-likeness (QED) is 0.383. The Kier molecular flexibility index (Phi) is 7.19. The fourth-order valence-electron chi connectivity index (χ4n) is 3.68. The van der Waals surface area contributed by atoms with Gasteiger partial charge in [0.15, 0.2) is 29.3 Å². The van der Waals surface area contributed by atoms with Crippen molar-refractivity contribution in [2.45, 2.75) is 33.8 Å². The van der Waals surface area contributed by atoms with Crippen LogP contribution in [0.15, 0.2) is 42.5 Å². The molecule has 0 aliphatic rings. The van der Waals surface area contributed by atoms with Gasteiger partial charge in [-0.3, -0.25) is 0 Å². The van der Waals surface area contributed by atoms with Crippen molar-refractivity contribution in [2.75, 3.05) is 11.9 Å². The van der Waals surface area contributed by atoms with E-state index in [1.807, 2.05) is 0 Å². The summed E-state index contributed by atoms with van der Waals surface area (Å²) in [5.74, 6) is -6.03. The van der Waals surface area contributed by atoms with Crippen LogP contribution in [0.3, 0.4) is 0 Å². The Morgan fingerprint density at radius 3 is 2.15 bits per heavy atom. The molecule has 34 heavy (non-hydrogen) atoms. The van der Waals surface area contributed by atoms with E-state index in [0.717, 1.165) is 29.8 Å². The average Bonchev–Trinajstić information content (AvgIpc) is 2.76. The molecule has 0 amide bonds. The highest BCUT2D eigenvalue weighted by Crippen LogP contribution is 2.38. The summed E-state index contributed by atoms with van der Waals surface area (Å²) >= 11 is 0. The number of nitrogens with zero attached hydrogens (tertiary/aromatic N) is 1. The number of carboxylic acid groups (broad SMARTS) is 1. The van der Waals surface area contributed by atoms with Crippen LogP contribution in [0.5, 0.6) is 5.75 Å². The Hall–Kier alpha value is -3.55. The second-order valence-electron chi connectivity index (χ2n) is 8.45. The van der Waals surface area contributed by atoms with Crippen molar-refractivity contribution in [3.63, 3.8) is 0 Å². The molecule has 0 saturated carbocycles. The van der Waals surface area contributed by atoms with Gasteiger partial charge >= 0.3 is 5.97 Å². The van der Waals surface area contributed by atoms with Gasteiger partial charge in [-0.05, 0) is 66.4 Å². The molecule has 8 heteroatoms. The zero-order valence-electron chi connectivity index (χ0n) is 19.4. The average molecular weight is 475 g/mol. The number of ether oxygens (including phenoxy) is 1. The Labute approximate surface area is 195 Å². The van der Waals surface area contributed by atoms with Crippen LogP contribution in [0.2, 0.25) is 0 Å². The lowest BCUT2D eigenvalue weighted by molar-refractivity contribution is -0.147.